The number of rotatable bonds is 5. The first-order valence-electron chi connectivity index (χ1n) is 3.40. The van der Waals surface area contributed by atoms with Crippen molar-refractivity contribution in [1.29, 1.82) is 0 Å². The van der Waals surface area contributed by atoms with Crippen molar-refractivity contribution in [3.05, 3.63) is 0 Å². The highest BCUT2D eigenvalue weighted by Crippen LogP contribution is 1.84. The Bertz CT molecular complexity index is 132. The first kappa shape index (κ1) is 10.7. The molecule has 0 spiro atoms. The summed E-state index contributed by atoms with van der Waals surface area (Å²) in [6.07, 6.45) is 0. The van der Waals surface area contributed by atoms with Gasteiger partial charge in [-0.25, -0.2) is 0 Å². The number of carbonyl (C=O) groups is 1. The maximum Gasteiger partial charge on any atom is 0.320 e. The van der Waals surface area contributed by atoms with E-state index in [-0.39, 0.29) is 6.04 Å². The number of hydrogen-bond donors (Lipinski definition) is 4. The molecule has 4 nitrogen and oxygen atoms in total. The van der Waals surface area contributed by atoms with Gasteiger partial charge in [0.15, 0.2) is 0 Å². The molecular formula is C6H14N2O2S. The molecule has 0 radical (unpaired) electrons. The topological polar surface area (TPSA) is 75.3 Å². The SMILES string of the molecule is C[C@H](NC[C@@H](N)CS)C(=O)O. The number of carboxylic acid groups (broad SMARTS) is 1. The van der Waals surface area contributed by atoms with Crippen LogP contribution in [0, 0.1) is 0 Å². The van der Waals surface area contributed by atoms with Crippen molar-refractivity contribution in [3.63, 3.8) is 0 Å². The van der Waals surface area contributed by atoms with Crippen LogP contribution >= 0.6 is 12.6 Å². The number of hydrogen-bond acceptors (Lipinski definition) is 4. The predicted octanol–water partition coefficient (Wildman–Crippen LogP) is -0.694. The summed E-state index contributed by atoms with van der Waals surface area (Å²) >= 11 is 3.96. The molecule has 4 N–H and O–H groups in total. The molecule has 11 heavy (non-hydrogen) atoms. The molecule has 2 atom stereocenters. The van der Waals surface area contributed by atoms with E-state index in [1.54, 1.807) is 6.92 Å². The van der Waals surface area contributed by atoms with Crippen LogP contribution in [0.4, 0.5) is 0 Å². The molecule has 66 valence electrons. The molecule has 0 heterocycles. The van der Waals surface area contributed by atoms with Gasteiger partial charge < -0.3 is 16.2 Å². The van der Waals surface area contributed by atoms with Gasteiger partial charge in [0, 0.05) is 18.3 Å². The molecule has 0 amide bonds. The molecule has 0 fully saturated rings. The van der Waals surface area contributed by atoms with Crippen LogP contribution in [0.3, 0.4) is 0 Å². The Kier molecular flexibility index (Phi) is 5.27. The summed E-state index contributed by atoms with van der Waals surface area (Å²) < 4.78 is 0. The summed E-state index contributed by atoms with van der Waals surface area (Å²) in [4.78, 5) is 10.3. The van der Waals surface area contributed by atoms with Gasteiger partial charge in [-0.05, 0) is 6.92 Å². The van der Waals surface area contributed by atoms with E-state index < -0.39 is 12.0 Å². The predicted molar refractivity (Wildman–Crippen MR) is 46.9 cm³/mol. The second kappa shape index (κ2) is 5.40. The fourth-order valence-electron chi connectivity index (χ4n) is 0.480. The Morgan fingerprint density at radius 1 is 1.82 bits per heavy atom. The molecule has 0 aliphatic carbocycles. The maximum atomic E-state index is 10.3. The van der Waals surface area contributed by atoms with Crippen molar-refractivity contribution in [2.75, 3.05) is 12.3 Å². The summed E-state index contributed by atoms with van der Waals surface area (Å²) in [5.41, 5.74) is 5.49. The fourth-order valence-corrected chi connectivity index (χ4v) is 0.609. The highest BCUT2D eigenvalue weighted by molar-refractivity contribution is 7.80. The summed E-state index contributed by atoms with van der Waals surface area (Å²) in [7, 11) is 0. The smallest absolute Gasteiger partial charge is 0.320 e. The van der Waals surface area contributed by atoms with Crippen LogP contribution in [0.25, 0.3) is 0 Å². The number of aliphatic carboxylic acids is 1. The van der Waals surface area contributed by atoms with E-state index in [4.69, 9.17) is 10.8 Å². The van der Waals surface area contributed by atoms with Gasteiger partial charge in [0.1, 0.15) is 6.04 Å². The standard InChI is InChI=1S/C6H14N2O2S/c1-4(6(9)10)8-2-5(7)3-11/h4-5,8,11H,2-3,7H2,1H3,(H,9,10)/t4-,5+/m0/s1. The highest BCUT2D eigenvalue weighted by atomic mass is 32.1. The zero-order valence-electron chi connectivity index (χ0n) is 6.45. The van der Waals surface area contributed by atoms with Gasteiger partial charge in [-0.1, -0.05) is 0 Å². The van der Waals surface area contributed by atoms with Crippen molar-refractivity contribution < 1.29 is 9.90 Å². The Morgan fingerprint density at radius 2 is 2.36 bits per heavy atom. The number of thiol groups is 1. The van der Waals surface area contributed by atoms with E-state index in [1.165, 1.54) is 0 Å². The first-order chi connectivity index (χ1) is 5.07. The van der Waals surface area contributed by atoms with Crippen molar-refractivity contribution >= 4 is 18.6 Å². The van der Waals surface area contributed by atoms with Crippen LogP contribution in [0.5, 0.6) is 0 Å². The molecule has 0 unspecified atom stereocenters. The third kappa shape index (κ3) is 5.06. The van der Waals surface area contributed by atoms with Gasteiger partial charge in [-0.3, -0.25) is 4.79 Å². The fraction of sp³-hybridized carbons (Fsp3) is 0.833. The molecule has 0 saturated heterocycles. The zero-order valence-corrected chi connectivity index (χ0v) is 7.34. The van der Waals surface area contributed by atoms with Crippen LogP contribution in [-0.4, -0.2) is 35.5 Å². The zero-order chi connectivity index (χ0) is 8.85. The lowest BCUT2D eigenvalue weighted by atomic mass is 10.3. The molecule has 0 saturated carbocycles. The van der Waals surface area contributed by atoms with Gasteiger partial charge in [-0.15, -0.1) is 0 Å². The van der Waals surface area contributed by atoms with E-state index in [0.717, 1.165) is 0 Å². The maximum absolute atomic E-state index is 10.3. The van der Waals surface area contributed by atoms with Crippen molar-refractivity contribution in [2.45, 2.75) is 19.0 Å². The summed E-state index contributed by atoms with van der Waals surface area (Å²) in [5.74, 6) is -0.310. The molecule has 0 aliphatic rings. The lowest BCUT2D eigenvalue weighted by molar-refractivity contribution is -0.138. The quantitative estimate of drug-likeness (QED) is 0.420. The number of nitrogens with two attached hydrogens (primary N) is 1. The van der Waals surface area contributed by atoms with Gasteiger partial charge in [0.25, 0.3) is 0 Å². The summed E-state index contributed by atoms with van der Waals surface area (Å²) in [6.45, 7) is 2.06. The number of carboxylic acids is 1. The number of nitrogens with one attached hydrogen (secondary N) is 1. The van der Waals surface area contributed by atoms with Crippen LogP contribution < -0.4 is 11.1 Å². The molecule has 0 aliphatic heterocycles. The van der Waals surface area contributed by atoms with Gasteiger partial charge in [0.2, 0.25) is 0 Å². The Hall–Kier alpha value is -0.260. The van der Waals surface area contributed by atoms with Gasteiger partial charge in [-0.2, -0.15) is 12.6 Å². The van der Waals surface area contributed by atoms with Crippen LogP contribution in [0.2, 0.25) is 0 Å². The van der Waals surface area contributed by atoms with Gasteiger partial charge in [0.05, 0.1) is 0 Å². The minimum atomic E-state index is -0.864. The Labute approximate surface area is 71.6 Å². The molecule has 5 heteroatoms. The van der Waals surface area contributed by atoms with Crippen LogP contribution in [0.1, 0.15) is 6.92 Å². The minimum Gasteiger partial charge on any atom is -0.480 e. The summed E-state index contributed by atoms with van der Waals surface area (Å²) in [6, 6.07) is -0.624. The highest BCUT2D eigenvalue weighted by Gasteiger charge is 2.10. The monoisotopic (exact) mass is 178 g/mol. The molecular weight excluding hydrogens is 164 g/mol. The van der Waals surface area contributed by atoms with E-state index in [2.05, 4.69) is 17.9 Å². The third-order valence-corrected chi connectivity index (χ3v) is 1.76. The van der Waals surface area contributed by atoms with Crippen LogP contribution in [0.15, 0.2) is 0 Å². The van der Waals surface area contributed by atoms with E-state index >= 15 is 0 Å². The lowest BCUT2D eigenvalue weighted by Crippen LogP contribution is -2.42. The molecule has 0 aromatic heterocycles. The van der Waals surface area contributed by atoms with Crippen molar-refractivity contribution in [3.8, 4) is 0 Å². The Morgan fingerprint density at radius 3 is 2.73 bits per heavy atom. The molecule has 0 aromatic carbocycles. The second-order valence-electron chi connectivity index (χ2n) is 2.41. The average Bonchev–Trinajstić information content (AvgIpc) is 1.99. The molecule has 0 bridgehead atoms. The Balaban J connectivity index is 3.45. The van der Waals surface area contributed by atoms with Crippen LogP contribution in [-0.2, 0) is 4.79 Å². The van der Waals surface area contributed by atoms with E-state index in [9.17, 15) is 4.79 Å². The average molecular weight is 178 g/mol. The van der Waals surface area contributed by atoms with E-state index in [0.29, 0.717) is 12.3 Å². The van der Waals surface area contributed by atoms with E-state index in [1.807, 2.05) is 0 Å². The first-order valence-corrected chi connectivity index (χ1v) is 4.03. The molecule has 0 aromatic rings. The van der Waals surface area contributed by atoms with Crippen molar-refractivity contribution in [2.24, 2.45) is 5.73 Å². The van der Waals surface area contributed by atoms with Gasteiger partial charge >= 0.3 is 5.97 Å². The van der Waals surface area contributed by atoms with Crippen molar-refractivity contribution in [1.82, 2.24) is 5.32 Å². The third-order valence-electron chi connectivity index (χ3n) is 1.29. The second-order valence-corrected chi connectivity index (χ2v) is 2.78. The molecule has 0 rings (SSSR count). The minimum absolute atomic E-state index is 0.0832. The normalized spacial score (nSPS) is 15.9. The summed E-state index contributed by atoms with van der Waals surface area (Å²) in [5, 5.41) is 11.2. The largest absolute Gasteiger partial charge is 0.480 e. The lowest BCUT2D eigenvalue weighted by Gasteiger charge is -2.12.